The number of anilines is 1. The van der Waals surface area contributed by atoms with Crippen molar-refractivity contribution in [3.63, 3.8) is 0 Å². The summed E-state index contributed by atoms with van der Waals surface area (Å²) in [7, 11) is 1.67. The monoisotopic (exact) mass is 350 g/mol. The maximum atomic E-state index is 11.7. The lowest BCUT2D eigenvalue weighted by atomic mass is 10.1. The second-order valence-corrected chi connectivity index (χ2v) is 5.70. The molecule has 1 aliphatic heterocycles. The van der Waals surface area contributed by atoms with Gasteiger partial charge < -0.3 is 14.4 Å². The Morgan fingerprint density at radius 3 is 2.88 bits per heavy atom. The number of aryl methyl sites for hydroxylation is 1. The number of fused-ring (bicyclic) bond motifs is 3. The van der Waals surface area contributed by atoms with Gasteiger partial charge in [0.15, 0.2) is 0 Å². The fourth-order valence-electron chi connectivity index (χ4n) is 3.21. The van der Waals surface area contributed by atoms with Crippen molar-refractivity contribution >= 4 is 35.0 Å². The van der Waals surface area contributed by atoms with Gasteiger partial charge in [-0.2, -0.15) is 0 Å². The van der Waals surface area contributed by atoms with Crippen LogP contribution >= 0.6 is 12.4 Å². The molecule has 2 heterocycles. The number of nitrogens with zero attached hydrogens (tertiary/aromatic N) is 2. The van der Waals surface area contributed by atoms with Crippen molar-refractivity contribution in [3.05, 3.63) is 29.5 Å². The van der Waals surface area contributed by atoms with Crippen LogP contribution in [0.2, 0.25) is 0 Å². The zero-order valence-electron chi connectivity index (χ0n) is 14.3. The molecule has 0 fully saturated rings. The van der Waals surface area contributed by atoms with Crippen LogP contribution in [0.25, 0.3) is 10.9 Å². The average molecular weight is 351 g/mol. The number of esters is 1. The van der Waals surface area contributed by atoms with Crippen LogP contribution in [0.3, 0.4) is 0 Å². The van der Waals surface area contributed by atoms with E-state index in [1.807, 2.05) is 25.1 Å². The topological polar surface area (TPSA) is 51.7 Å². The largest absolute Gasteiger partial charge is 0.497 e. The molecular formula is C18H23ClN2O3. The van der Waals surface area contributed by atoms with E-state index in [2.05, 4.69) is 11.8 Å². The van der Waals surface area contributed by atoms with Gasteiger partial charge in [0.1, 0.15) is 5.75 Å². The smallest absolute Gasteiger partial charge is 0.307 e. The minimum atomic E-state index is -0.145. The summed E-state index contributed by atoms with van der Waals surface area (Å²) in [6.07, 6.45) is 1.37. The molecule has 6 heteroatoms. The number of halogens is 1. The minimum absolute atomic E-state index is 0. The lowest BCUT2D eigenvalue weighted by Crippen LogP contribution is -2.24. The van der Waals surface area contributed by atoms with Crippen LogP contribution in [0.1, 0.15) is 24.6 Å². The van der Waals surface area contributed by atoms with Crippen molar-refractivity contribution in [2.45, 2.75) is 26.7 Å². The Hall–Kier alpha value is -2.01. The standard InChI is InChI=1S/C18H22N2O3.ClH/c1-4-23-17(21)8-10-20-9-7-14-12(2)19-16-6-5-13(22-3)11-15(16)18(14)20;/h5-6,11H,4,7-10H2,1-3H3;1H. The molecule has 0 atom stereocenters. The highest BCUT2D eigenvalue weighted by Gasteiger charge is 2.25. The van der Waals surface area contributed by atoms with Crippen LogP contribution < -0.4 is 9.64 Å². The van der Waals surface area contributed by atoms with Gasteiger partial charge in [-0.3, -0.25) is 9.78 Å². The summed E-state index contributed by atoms with van der Waals surface area (Å²) in [6.45, 7) is 5.89. The number of hydrogen-bond acceptors (Lipinski definition) is 5. The molecule has 0 aliphatic carbocycles. The normalized spacial score (nSPS) is 12.7. The minimum Gasteiger partial charge on any atom is -0.497 e. The molecule has 130 valence electrons. The van der Waals surface area contributed by atoms with Crippen molar-refractivity contribution in [2.75, 3.05) is 31.7 Å². The molecule has 0 radical (unpaired) electrons. The summed E-state index contributed by atoms with van der Waals surface area (Å²) in [5, 5.41) is 1.09. The van der Waals surface area contributed by atoms with Gasteiger partial charge in [-0.1, -0.05) is 0 Å². The van der Waals surface area contributed by atoms with Crippen LogP contribution in [0.5, 0.6) is 5.75 Å². The van der Waals surface area contributed by atoms with E-state index >= 15 is 0 Å². The molecule has 0 spiro atoms. The molecule has 2 aromatic rings. The number of carbonyl (C=O) groups is 1. The van der Waals surface area contributed by atoms with Gasteiger partial charge in [0.2, 0.25) is 0 Å². The summed E-state index contributed by atoms with van der Waals surface area (Å²) in [6, 6.07) is 5.95. The van der Waals surface area contributed by atoms with Gasteiger partial charge in [-0.15, -0.1) is 12.4 Å². The fourth-order valence-corrected chi connectivity index (χ4v) is 3.21. The van der Waals surface area contributed by atoms with E-state index in [0.717, 1.165) is 35.3 Å². The third-order valence-corrected chi connectivity index (χ3v) is 4.31. The summed E-state index contributed by atoms with van der Waals surface area (Å²) in [5.41, 5.74) is 4.49. The van der Waals surface area contributed by atoms with Crippen molar-refractivity contribution < 1.29 is 14.3 Å². The molecule has 3 rings (SSSR count). The fraction of sp³-hybridized carbons (Fsp3) is 0.444. The third-order valence-electron chi connectivity index (χ3n) is 4.31. The number of benzene rings is 1. The van der Waals surface area contributed by atoms with E-state index in [1.54, 1.807) is 7.11 Å². The van der Waals surface area contributed by atoms with Gasteiger partial charge in [-0.25, -0.2) is 0 Å². The van der Waals surface area contributed by atoms with Gasteiger partial charge >= 0.3 is 5.97 Å². The maximum Gasteiger partial charge on any atom is 0.307 e. The number of methoxy groups -OCH3 is 1. The Labute approximate surface area is 148 Å². The first-order chi connectivity index (χ1) is 11.1. The highest BCUT2D eigenvalue weighted by atomic mass is 35.5. The van der Waals surface area contributed by atoms with E-state index in [4.69, 9.17) is 14.5 Å². The van der Waals surface area contributed by atoms with Crippen LogP contribution in [0.4, 0.5) is 5.69 Å². The first-order valence-electron chi connectivity index (χ1n) is 8.01. The van der Waals surface area contributed by atoms with Crippen LogP contribution in [-0.4, -0.2) is 37.8 Å². The van der Waals surface area contributed by atoms with Crippen molar-refractivity contribution in [1.29, 1.82) is 0 Å². The zero-order chi connectivity index (χ0) is 16.4. The summed E-state index contributed by atoms with van der Waals surface area (Å²) >= 11 is 0. The van der Waals surface area contributed by atoms with Gasteiger partial charge in [0, 0.05) is 24.2 Å². The number of pyridine rings is 1. The number of rotatable bonds is 5. The second-order valence-electron chi connectivity index (χ2n) is 5.70. The van der Waals surface area contributed by atoms with Crippen LogP contribution in [0.15, 0.2) is 18.2 Å². The van der Waals surface area contributed by atoms with E-state index in [0.29, 0.717) is 19.6 Å². The van der Waals surface area contributed by atoms with Crippen molar-refractivity contribution in [1.82, 2.24) is 4.98 Å². The van der Waals surface area contributed by atoms with Crippen molar-refractivity contribution in [3.8, 4) is 5.75 Å². The molecule has 5 nitrogen and oxygen atoms in total. The molecule has 0 unspecified atom stereocenters. The van der Waals surface area contributed by atoms with Gasteiger partial charge in [0.25, 0.3) is 0 Å². The quantitative estimate of drug-likeness (QED) is 0.774. The van der Waals surface area contributed by atoms with E-state index < -0.39 is 0 Å². The van der Waals surface area contributed by atoms with Crippen LogP contribution in [-0.2, 0) is 16.0 Å². The summed E-state index contributed by atoms with van der Waals surface area (Å²) in [4.78, 5) is 18.6. The Balaban J connectivity index is 0.00000208. The highest BCUT2D eigenvalue weighted by molar-refractivity contribution is 5.96. The Kier molecular flexibility index (Phi) is 5.89. The third kappa shape index (κ3) is 3.41. The first-order valence-corrected chi connectivity index (χ1v) is 8.01. The first kappa shape index (κ1) is 18.3. The highest BCUT2D eigenvalue weighted by Crippen LogP contribution is 2.38. The predicted molar refractivity (Wildman–Crippen MR) is 97.4 cm³/mol. The molecule has 1 aliphatic rings. The number of carbonyl (C=O) groups excluding carboxylic acids is 1. The summed E-state index contributed by atoms with van der Waals surface area (Å²) in [5.74, 6) is 0.677. The van der Waals surface area contributed by atoms with Gasteiger partial charge in [-0.05, 0) is 44.0 Å². The Bertz CT molecular complexity index is 749. The molecule has 0 amide bonds. The molecular weight excluding hydrogens is 328 g/mol. The molecule has 0 N–H and O–H groups in total. The average Bonchev–Trinajstić information content (AvgIpc) is 2.98. The molecule has 24 heavy (non-hydrogen) atoms. The molecule has 1 aromatic heterocycles. The second kappa shape index (κ2) is 7.71. The molecule has 0 saturated carbocycles. The van der Waals surface area contributed by atoms with E-state index in [9.17, 15) is 4.79 Å². The number of ether oxygens (including phenoxy) is 2. The molecule has 1 aromatic carbocycles. The maximum absolute atomic E-state index is 11.7. The lowest BCUT2D eigenvalue weighted by molar-refractivity contribution is -0.142. The zero-order valence-corrected chi connectivity index (χ0v) is 15.1. The predicted octanol–water partition coefficient (Wildman–Crippen LogP) is 3.29. The molecule has 0 saturated heterocycles. The van der Waals surface area contributed by atoms with Crippen LogP contribution in [0, 0.1) is 6.92 Å². The van der Waals surface area contributed by atoms with E-state index in [-0.39, 0.29) is 18.4 Å². The van der Waals surface area contributed by atoms with Gasteiger partial charge in [0.05, 0.1) is 31.3 Å². The lowest BCUT2D eigenvalue weighted by Gasteiger charge is -2.21. The Morgan fingerprint density at radius 1 is 1.38 bits per heavy atom. The molecule has 0 bridgehead atoms. The van der Waals surface area contributed by atoms with E-state index in [1.165, 1.54) is 11.3 Å². The SMILES string of the molecule is CCOC(=O)CCN1CCc2c(C)nc3ccc(OC)cc3c21.Cl. The number of hydrogen-bond donors (Lipinski definition) is 0. The number of aromatic nitrogens is 1. The Morgan fingerprint density at radius 2 is 2.17 bits per heavy atom. The summed E-state index contributed by atoms with van der Waals surface area (Å²) < 4.78 is 10.4. The van der Waals surface area contributed by atoms with Crippen molar-refractivity contribution in [2.24, 2.45) is 0 Å².